The van der Waals surface area contributed by atoms with E-state index in [1.165, 1.54) is 11.8 Å². The molecule has 3 N–H and O–H groups in total. The Morgan fingerprint density at radius 1 is 1.15 bits per heavy atom. The highest BCUT2D eigenvalue weighted by Gasteiger charge is 2.16. The summed E-state index contributed by atoms with van der Waals surface area (Å²) in [5.74, 6) is 1.53. The number of anilines is 1. The average molecular weight is 471 g/mol. The Morgan fingerprint density at radius 2 is 1.97 bits per heavy atom. The molecule has 2 aromatic heterocycles. The minimum atomic E-state index is -0.580. The van der Waals surface area contributed by atoms with Crippen molar-refractivity contribution in [3.8, 4) is 17.1 Å². The Labute approximate surface area is 201 Å². The molecule has 0 spiro atoms. The number of hydrogen-bond acceptors (Lipinski definition) is 8. The second kappa shape index (κ2) is 10.6. The van der Waals surface area contributed by atoms with E-state index in [0.29, 0.717) is 33.9 Å². The van der Waals surface area contributed by atoms with Crippen LogP contribution in [0.3, 0.4) is 0 Å². The third-order valence-corrected chi connectivity index (χ3v) is 5.89. The van der Waals surface area contributed by atoms with Crippen molar-refractivity contribution in [1.29, 1.82) is 0 Å². The topological polar surface area (TPSA) is 115 Å². The molecule has 8 nitrogen and oxygen atoms in total. The lowest BCUT2D eigenvalue weighted by Gasteiger charge is -2.13. The lowest BCUT2D eigenvalue weighted by atomic mass is 10.1. The van der Waals surface area contributed by atoms with E-state index in [1.807, 2.05) is 60.7 Å². The zero-order chi connectivity index (χ0) is 23.9. The Kier molecular flexibility index (Phi) is 7.14. The van der Waals surface area contributed by atoms with Gasteiger partial charge in [0.2, 0.25) is 0 Å². The van der Waals surface area contributed by atoms with Gasteiger partial charge < -0.3 is 15.8 Å². The number of nitrogens with two attached hydrogens (primary N) is 1. The molecule has 0 radical (unpaired) electrons. The van der Waals surface area contributed by atoms with E-state index in [-0.39, 0.29) is 0 Å². The van der Waals surface area contributed by atoms with E-state index in [1.54, 1.807) is 19.5 Å². The Morgan fingerprint density at radius 3 is 2.65 bits per heavy atom. The van der Waals surface area contributed by atoms with Crippen LogP contribution in [0.2, 0.25) is 0 Å². The summed E-state index contributed by atoms with van der Waals surface area (Å²) < 4.78 is 5.37. The van der Waals surface area contributed by atoms with Gasteiger partial charge in [-0.1, -0.05) is 42.1 Å². The standard InChI is InChI=1S/C25H22N6O2S/c1-27-21(16-7-4-3-5-8-16)22(23(26)32)34-15-29-25-19-13-18(33-2)10-11-20(19)30-24(31-25)17-9-6-12-28-14-17/h3-14H,1,15H2,2H3,(H2,26,32)(H,29,30,31)/b22-21-. The number of hydrogen-bond donors (Lipinski definition) is 2. The van der Waals surface area contributed by atoms with Crippen molar-refractivity contribution in [2.75, 3.05) is 18.3 Å². The lowest BCUT2D eigenvalue weighted by Crippen LogP contribution is -2.15. The molecule has 4 rings (SSSR count). The molecule has 0 saturated heterocycles. The number of pyridine rings is 1. The summed E-state index contributed by atoms with van der Waals surface area (Å²) in [4.78, 5) is 30.1. The summed E-state index contributed by atoms with van der Waals surface area (Å²) in [7, 11) is 1.60. The molecule has 0 unspecified atom stereocenters. The van der Waals surface area contributed by atoms with Crippen molar-refractivity contribution in [3.05, 3.63) is 83.5 Å². The zero-order valence-corrected chi connectivity index (χ0v) is 19.2. The molecule has 1 amide bonds. The fraction of sp³-hybridized carbons (Fsp3) is 0.0800. The molecule has 0 aliphatic carbocycles. The summed E-state index contributed by atoms with van der Waals surface area (Å²) in [5.41, 5.74) is 8.40. The van der Waals surface area contributed by atoms with E-state index in [2.05, 4.69) is 27.0 Å². The number of methoxy groups -OCH3 is 1. The summed E-state index contributed by atoms with van der Waals surface area (Å²) in [5, 5.41) is 4.08. The van der Waals surface area contributed by atoms with Crippen molar-refractivity contribution in [2.45, 2.75) is 0 Å². The van der Waals surface area contributed by atoms with E-state index in [9.17, 15) is 4.79 Å². The average Bonchev–Trinajstić information content (AvgIpc) is 2.88. The number of carbonyl (C=O) groups excluding carboxylic acids is 1. The number of aliphatic imine (C=N–C) groups is 1. The first-order valence-electron chi connectivity index (χ1n) is 10.3. The van der Waals surface area contributed by atoms with Gasteiger partial charge >= 0.3 is 0 Å². The van der Waals surface area contributed by atoms with Crippen molar-refractivity contribution in [1.82, 2.24) is 15.0 Å². The van der Waals surface area contributed by atoms with Gasteiger partial charge in [-0.15, -0.1) is 0 Å². The van der Waals surface area contributed by atoms with Gasteiger partial charge in [0, 0.05) is 28.9 Å². The molecule has 2 aromatic carbocycles. The van der Waals surface area contributed by atoms with Crippen LogP contribution in [0.25, 0.3) is 28.0 Å². The van der Waals surface area contributed by atoms with Crippen LogP contribution in [0, 0.1) is 0 Å². The number of fused-ring (bicyclic) bond motifs is 1. The number of amides is 1. The highest BCUT2D eigenvalue weighted by Crippen LogP contribution is 2.31. The van der Waals surface area contributed by atoms with Crippen LogP contribution in [0.5, 0.6) is 5.75 Å². The van der Waals surface area contributed by atoms with Gasteiger partial charge in [-0.25, -0.2) is 9.97 Å². The Hall–Kier alpha value is -4.24. The summed E-state index contributed by atoms with van der Waals surface area (Å²) >= 11 is 1.23. The third-order valence-electron chi connectivity index (χ3n) is 4.92. The molecule has 0 aliphatic rings. The maximum atomic E-state index is 12.2. The minimum absolute atomic E-state index is 0.303. The second-order valence-electron chi connectivity index (χ2n) is 7.05. The highest BCUT2D eigenvalue weighted by molar-refractivity contribution is 8.04. The first-order chi connectivity index (χ1) is 16.6. The predicted octanol–water partition coefficient (Wildman–Crippen LogP) is 4.36. The van der Waals surface area contributed by atoms with Gasteiger partial charge in [-0.05, 0) is 37.0 Å². The van der Waals surface area contributed by atoms with Crippen LogP contribution in [-0.2, 0) is 4.79 Å². The van der Waals surface area contributed by atoms with Crippen LogP contribution in [-0.4, -0.2) is 40.6 Å². The molecule has 9 heteroatoms. The molecule has 0 bridgehead atoms. The molecule has 2 heterocycles. The molecule has 0 saturated carbocycles. The molecular weight excluding hydrogens is 448 g/mol. The van der Waals surface area contributed by atoms with Crippen molar-refractivity contribution >= 4 is 46.8 Å². The molecule has 0 aliphatic heterocycles. The lowest BCUT2D eigenvalue weighted by molar-refractivity contribution is -0.113. The van der Waals surface area contributed by atoms with Crippen LogP contribution >= 0.6 is 11.8 Å². The molecular formula is C25H22N6O2S. The maximum absolute atomic E-state index is 12.2. The number of primary amides is 1. The SMILES string of the molecule is C=N/C(=C(\SCNc1nc(-c2cccnc2)nc2ccc(OC)cc12)C(N)=O)c1ccccc1. The molecule has 0 atom stereocenters. The van der Waals surface area contributed by atoms with E-state index in [0.717, 1.165) is 22.0 Å². The smallest absolute Gasteiger partial charge is 0.257 e. The summed E-state index contributed by atoms with van der Waals surface area (Å²) in [6.45, 7) is 3.62. The van der Waals surface area contributed by atoms with Crippen LogP contribution < -0.4 is 15.8 Å². The monoisotopic (exact) mass is 470 g/mol. The fourth-order valence-corrected chi connectivity index (χ4v) is 4.13. The van der Waals surface area contributed by atoms with Gasteiger partial charge in [0.15, 0.2) is 5.82 Å². The molecule has 4 aromatic rings. The van der Waals surface area contributed by atoms with Crippen molar-refractivity contribution < 1.29 is 9.53 Å². The highest BCUT2D eigenvalue weighted by atomic mass is 32.2. The van der Waals surface area contributed by atoms with Crippen LogP contribution in [0.1, 0.15) is 5.56 Å². The first-order valence-corrected chi connectivity index (χ1v) is 11.3. The van der Waals surface area contributed by atoms with Gasteiger partial charge in [-0.3, -0.25) is 14.8 Å². The number of rotatable bonds is 9. The normalized spacial score (nSPS) is 11.6. The Balaban J connectivity index is 1.68. The molecule has 34 heavy (non-hydrogen) atoms. The number of benzene rings is 2. The number of nitrogens with one attached hydrogen (secondary N) is 1. The first kappa shape index (κ1) is 22.9. The van der Waals surface area contributed by atoms with Gasteiger partial charge in [0.05, 0.1) is 24.2 Å². The van der Waals surface area contributed by atoms with Crippen molar-refractivity contribution in [2.24, 2.45) is 10.7 Å². The van der Waals surface area contributed by atoms with Gasteiger partial charge in [0.1, 0.15) is 16.5 Å². The van der Waals surface area contributed by atoms with Crippen LogP contribution in [0.4, 0.5) is 5.82 Å². The molecule has 0 fully saturated rings. The van der Waals surface area contributed by atoms with E-state index >= 15 is 0 Å². The van der Waals surface area contributed by atoms with E-state index in [4.69, 9.17) is 15.5 Å². The Bertz CT molecular complexity index is 1360. The maximum Gasteiger partial charge on any atom is 0.257 e. The third kappa shape index (κ3) is 5.05. The number of ether oxygens (including phenoxy) is 1. The number of nitrogens with zero attached hydrogens (tertiary/aromatic N) is 4. The number of thioether (sulfide) groups is 1. The molecule has 170 valence electrons. The van der Waals surface area contributed by atoms with Gasteiger partial charge in [0.25, 0.3) is 5.91 Å². The fourth-order valence-electron chi connectivity index (χ4n) is 3.32. The largest absolute Gasteiger partial charge is 0.497 e. The number of aromatic nitrogens is 3. The zero-order valence-electron chi connectivity index (χ0n) is 18.4. The van der Waals surface area contributed by atoms with Gasteiger partial charge in [-0.2, -0.15) is 0 Å². The summed E-state index contributed by atoms with van der Waals surface area (Å²) in [6.07, 6.45) is 3.40. The summed E-state index contributed by atoms with van der Waals surface area (Å²) in [6, 6.07) is 18.6. The van der Waals surface area contributed by atoms with Crippen molar-refractivity contribution in [3.63, 3.8) is 0 Å². The van der Waals surface area contributed by atoms with E-state index < -0.39 is 5.91 Å². The quantitative estimate of drug-likeness (QED) is 0.212. The van der Waals surface area contributed by atoms with Crippen LogP contribution in [0.15, 0.2) is 83.0 Å². The number of carbonyl (C=O) groups is 1. The minimum Gasteiger partial charge on any atom is -0.497 e. The second-order valence-corrected chi connectivity index (χ2v) is 8.04. The predicted molar refractivity (Wildman–Crippen MR) is 138 cm³/mol.